The Labute approximate surface area is 328 Å². The van der Waals surface area contributed by atoms with Crippen molar-refractivity contribution in [3.05, 3.63) is 70.3 Å². The molecule has 8 nitrogen and oxygen atoms in total. The van der Waals surface area contributed by atoms with Gasteiger partial charge in [-0.05, 0) is 122 Å². The van der Waals surface area contributed by atoms with Crippen LogP contribution in [0.4, 0.5) is 8.78 Å². The van der Waals surface area contributed by atoms with E-state index in [2.05, 4.69) is 0 Å². The van der Waals surface area contributed by atoms with E-state index in [0.717, 1.165) is 27.9 Å². The molecular weight excluding hydrogens is 650 g/mol. The predicted octanol–water partition coefficient (Wildman–Crippen LogP) is 6.48. The molecule has 8 rings (SSSR count). The fourth-order valence-electron chi connectivity index (χ4n) is 7.08. The molecule has 2 atom stereocenters. The summed E-state index contributed by atoms with van der Waals surface area (Å²) in [5.41, 5.74) is 2.42. The highest BCUT2D eigenvalue weighted by Gasteiger charge is 2.42. The van der Waals surface area contributed by atoms with E-state index in [4.69, 9.17) is 26.0 Å². The quantitative estimate of drug-likeness (QED) is 0.356. The maximum atomic E-state index is 14.0. The van der Waals surface area contributed by atoms with Crippen LogP contribution in [0.1, 0.15) is 133 Å². The molecule has 4 heterocycles. The molecule has 4 aliphatic heterocycles. The van der Waals surface area contributed by atoms with Crippen LogP contribution < -0.4 is 0 Å². The van der Waals surface area contributed by atoms with Crippen LogP contribution in [0.15, 0.2) is 36.4 Å². The first-order chi connectivity index (χ1) is 31.2. The van der Waals surface area contributed by atoms with Crippen LogP contribution in [0, 0.1) is 35.2 Å². The highest BCUT2D eigenvalue weighted by molar-refractivity contribution is 5.88. The lowest BCUT2D eigenvalue weighted by Crippen LogP contribution is -2.56. The van der Waals surface area contributed by atoms with Gasteiger partial charge in [0.25, 0.3) is 0 Å². The van der Waals surface area contributed by atoms with Gasteiger partial charge in [-0.2, -0.15) is 0 Å². The molecular formula is C41H54F2N4O4. The maximum absolute atomic E-state index is 14.0. The van der Waals surface area contributed by atoms with Crippen molar-refractivity contribution in [2.45, 2.75) is 97.2 Å². The zero-order chi connectivity index (χ0) is 52.2. The average Bonchev–Trinajstić information content (AvgIpc) is 3.24. The van der Waals surface area contributed by atoms with Gasteiger partial charge in [-0.25, -0.2) is 8.78 Å². The minimum atomic E-state index is -3.69. The van der Waals surface area contributed by atoms with Crippen LogP contribution in [-0.4, -0.2) is 82.5 Å². The van der Waals surface area contributed by atoms with Gasteiger partial charge in [-0.15, -0.1) is 0 Å². The van der Waals surface area contributed by atoms with Crippen molar-refractivity contribution < 1.29 is 54.0 Å². The first-order valence-electron chi connectivity index (χ1n) is 25.9. The predicted molar refractivity (Wildman–Crippen MR) is 191 cm³/mol. The normalized spacial score (nSPS) is 46.4. The third-order valence-corrected chi connectivity index (χ3v) is 9.63. The topological polar surface area (TPSA) is 81.2 Å². The van der Waals surface area contributed by atoms with Crippen molar-refractivity contribution in [1.29, 1.82) is 0 Å². The minimum absolute atomic E-state index is 0. The van der Waals surface area contributed by atoms with Crippen molar-refractivity contribution in [3.8, 4) is 0 Å². The van der Waals surface area contributed by atoms with E-state index in [1.54, 1.807) is 12.1 Å². The van der Waals surface area contributed by atoms with Crippen LogP contribution in [0.2, 0.25) is 0 Å². The van der Waals surface area contributed by atoms with Crippen molar-refractivity contribution in [3.63, 3.8) is 0 Å². The number of nitrogens with zero attached hydrogens (tertiary/aromatic N) is 4. The highest BCUT2D eigenvalue weighted by Crippen LogP contribution is 2.38. The monoisotopic (exact) mass is 724 g/mol. The summed E-state index contributed by atoms with van der Waals surface area (Å²) in [5, 5.41) is 0. The number of hydrogen-bond acceptors (Lipinski definition) is 4. The van der Waals surface area contributed by atoms with E-state index >= 15 is 0 Å². The summed E-state index contributed by atoms with van der Waals surface area (Å²) < 4.78 is 186. The molecule has 6 aliphatic rings. The second-order valence-corrected chi connectivity index (χ2v) is 12.9. The number of amides is 4. The van der Waals surface area contributed by atoms with Gasteiger partial charge in [0.2, 0.25) is 23.6 Å². The van der Waals surface area contributed by atoms with E-state index in [-0.39, 0.29) is 27.1 Å². The molecule has 2 aliphatic carbocycles. The molecule has 0 bridgehead atoms. The molecule has 0 N–H and O–H groups in total. The van der Waals surface area contributed by atoms with Gasteiger partial charge in [0.1, 0.15) is 11.6 Å². The zero-order valence-electron chi connectivity index (χ0n) is 46.5. The van der Waals surface area contributed by atoms with Gasteiger partial charge in [0, 0.05) is 64.0 Å². The molecule has 0 spiro atoms. The molecule has 2 aromatic carbocycles. The molecule has 4 amide bonds. The smallest absolute Gasteiger partial charge is 0.242 e. The summed E-state index contributed by atoms with van der Waals surface area (Å²) in [7, 11) is 0. The lowest BCUT2D eigenvalue weighted by Gasteiger charge is -2.45. The number of piperazine rings is 2. The molecule has 276 valence electrons. The number of carbonyl (C=O) groups excluding carboxylic acids is 4. The van der Waals surface area contributed by atoms with Crippen LogP contribution >= 0.6 is 0 Å². The van der Waals surface area contributed by atoms with Gasteiger partial charge in [0.05, 0.1) is 25.2 Å². The fourth-order valence-corrected chi connectivity index (χ4v) is 7.08. The summed E-state index contributed by atoms with van der Waals surface area (Å²) in [4.78, 5) is 57.6. The van der Waals surface area contributed by atoms with Crippen molar-refractivity contribution >= 4 is 23.6 Å². The first kappa shape index (κ1) is 19.9. The van der Waals surface area contributed by atoms with Gasteiger partial charge in [-0.1, -0.05) is 33.4 Å². The Morgan fingerprint density at radius 3 is 1.59 bits per heavy atom. The molecule has 10 heteroatoms. The molecule has 2 unspecified atom stereocenters. The molecule has 2 aromatic rings. The van der Waals surface area contributed by atoms with Crippen molar-refractivity contribution in [2.75, 3.05) is 39.3 Å². The molecule has 2 saturated heterocycles. The van der Waals surface area contributed by atoms with E-state index in [9.17, 15) is 28.0 Å². The summed E-state index contributed by atoms with van der Waals surface area (Å²) in [6.45, 7) is 0.370. The molecule has 0 aromatic heterocycles. The maximum Gasteiger partial charge on any atom is 0.242 e. The lowest BCUT2D eigenvalue weighted by molar-refractivity contribution is -0.152. The van der Waals surface area contributed by atoms with Crippen LogP contribution in [0.3, 0.4) is 0 Å². The van der Waals surface area contributed by atoms with Gasteiger partial charge >= 0.3 is 0 Å². The molecule has 2 saturated carbocycles. The van der Waals surface area contributed by atoms with Crippen LogP contribution in [-0.2, 0) is 32.0 Å². The first-order valence-corrected chi connectivity index (χ1v) is 16.4. The highest BCUT2D eigenvalue weighted by atomic mass is 19.1. The van der Waals surface area contributed by atoms with Gasteiger partial charge in [-0.3, -0.25) is 19.2 Å². The Hall–Kier alpha value is -3.82. The second-order valence-electron chi connectivity index (χ2n) is 12.9. The zero-order valence-corrected chi connectivity index (χ0v) is 27.5. The lowest BCUT2D eigenvalue weighted by atomic mass is 9.82. The third-order valence-electron chi connectivity index (χ3n) is 9.63. The third kappa shape index (κ3) is 7.70. The second kappa shape index (κ2) is 15.4. The average molecular weight is 724 g/mol. The number of carbonyl (C=O) groups is 4. The van der Waals surface area contributed by atoms with Crippen molar-refractivity contribution in [2.24, 2.45) is 23.6 Å². The number of benzene rings is 2. The SMILES string of the molecule is C.[2H]C1([2H])C(C(=O)N2CC(=O)N3CCc4ccc(F)cc4C3C2)C([2H])([2H])C([2H])([2H])C([2H])(C)C1([2H])[2H].[2H]C1([2H])C([2H])([2H])C([2H])(C(=O)N2CC(=O)N3CCc4ccc(F)cc4C3C2)C([2H])([2H])C([2H])([2H])C1([2H])C. The largest absolute Gasteiger partial charge is 0.332 e. The number of fused-ring (bicyclic) bond motifs is 6. The van der Waals surface area contributed by atoms with E-state index in [1.807, 2.05) is 0 Å². The Morgan fingerprint density at radius 2 is 1.12 bits per heavy atom. The standard InChI is InChI=1S/2C20H25FN2O2.CH4/c2*1-13-2-4-15(5-3-13)20(25)22-11-18-17-10-16(21)7-6-14(17)8-9-23(18)19(24)12-22;/h2*6-7,10,13,15,18H,2-5,8-9,11-12H2,1H3;1H4/i2D2,3D2,4D2,5D2,13D,15D;2D2,3D2,4D2,5D2,13D;. The van der Waals surface area contributed by atoms with Gasteiger partial charge in [0.15, 0.2) is 0 Å². The Bertz CT molecular complexity index is 2450. The van der Waals surface area contributed by atoms with E-state index in [1.165, 1.54) is 34.1 Å². The summed E-state index contributed by atoms with van der Waals surface area (Å²) in [6, 6.07) is 6.56. The number of hydrogen-bond donors (Lipinski definition) is 0. The van der Waals surface area contributed by atoms with Crippen molar-refractivity contribution in [1.82, 2.24) is 19.6 Å². The van der Waals surface area contributed by atoms with E-state index in [0.29, 0.717) is 37.4 Å². The Balaban J connectivity index is 0.000000226. The number of rotatable bonds is 2. The van der Waals surface area contributed by atoms with E-state index < -0.39 is 135 Å². The Morgan fingerprint density at radius 1 is 0.686 bits per heavy atom. The summed E-state index contributed by atoms with van der Waals surface area (Å²) in [6.07, 6.45) is -26.4. The molecule has 51 heavy (non-hydrogen) atoms. The number of halogens is 2. The Kier molecular flexibility index (Phi) is 6.01. The molecule has 4 fully saturated rings. The fraction of sp³-hybridized carbons (Fsp3) is 0.610. The van der Waals surface area contributed by atoms with Crippen LogP contribution in [0.5, 0.6) is 0 Å². The summed E-state index contributed by atoms with van der Waals surface area (Å²) >= 11 is 0. The van der Waals surface area contributed by atoms with Gasteiger partial charge < -0.3 is 19.6 Å². The minimum Gasteiger partial charge on any atom is -0.332 e. The van der Waals surface area contributed by atoms with Crippen LogP contribution in [0.25, 0.3) is 0 Å². The summed E-state index contributed by atoms with van der Waals surface area (Å²) in [5.74, 6) is -17.1. The molecule has 0 radical (unpaired) electrons.